The van der Waals surface area contributed by atoms with Gasteiger partial charge in [-0.1, -0.05) is 0 Å². The number of carbonyl (C=O) groups excluding carboxylic acids is 1. The van der Waals surface area contributed by atoms with Gasteiger partial charge < -0.3 is 15.3 Å². The lowest BCUT2D eigenvalue weighted by molar-refractivity contribution is -0.248. The first-order valence-electron chi connectivity index (χ1n) is 5.09. The van der Waals surface area contributed by atoms with Gasteiger partial charge in [0.15, 0.2) is 0 Å². The molecule has 92 valence electrons. The number of nitrogens with one attached hydrogen (secondary N) is 1. The number of fused-ring (bicyclic) bond motifs is 1. The topological polar surface area (TPSA) is 52.6 Å². The van der Waals surface area contributed by atoms with Crippen molar-refractivity contribution in [2.45, 2.75) is 37.2 Å². The van der Waals surface area contributed by atoms with Crippen molar-refractivity contribution in [2.24, 2.45) is 0 Å². The molecule has 0 aliphatic carbocycles. The molecule has 0 aromatic rings. The maximum atomic E-state index is 12.6. The molecule has 2 saturated heterocycles. The predicted molar refractivity (Wildman–Crippen MR) is 48.6 cm³/mol. The summed E-state index contributed by atoms with van der Waals surface area (Å²) in [5.74, 6) is -1.21. The van der Waals surface area contributed by atoms with Crippen LogP contribution in [-0.2, 0) is 4.79 Å². The summed E-state index contributed by atoms with van der Waals surface area (Å²) in [6.45, 7) is 2.29. The van der Waals surface area contributed by atoms with E-state index in [4.69, 9.17) is 0 Å². The van der Waals surface area contributed by atoms with Crippen molar-refractivity contribution in [1.82, 2.24) is 10.2 Å². The van der Waals surface area contributed by atoms with Gasteiger partial charge in [-0.25, -0.2) is 0 Å². The van der Waals surface area contributed by atoms with Crippen LogP contribution >= 0.6 is 0 Å². The van der Waals surface area contributed by atoms with Gasteiger partial charge in [0.25, 0.3) is 5.91 Å². The fourth-order valence-electron chi connectivity index (χ4n) is 2.29. The van der Waals surface area contributed by atoms with E-state index in [9.17, 15) is 23.1 Å². The predicted octanol–water partition coefficient (Wildman–Crippen LogP) is -0.128. The molecule has 0 unspecified atom stereocenters. The Morgan fingerprint density at radius 3 is 2.75 bits per heavy atom. The average molecular weight is 238 g/mol. The van der Waals surface area contributed by atoms with Crippen LogP contribution < -0.4 is 5.32 Å². The maximum absolute atomic E-state index is 12.6. The molecule has 7 heteroatoms. The molecule has 2 heterocycles. The zero-order valence-corrected chi connectivity index (χ0v) is 8.71. The fraction of sp³-hybridized carbons (Fsp3) is 0.889. The number of nitrogens with zero attached hydrogens (tertiary/aromatic N) is 1. The van der Waals surface area contributed by atoms with Crippen LogP contribution in [0.3, 0.4) is 0 Å². The summed E-state index contributed by atoms with van der Waals surface area (Å²) in [4.78, 5) is 12.7. The van der Waals surface area contributed by atoms with E-state index in [0.29, 0.717) is 6.54 Å². The second-order valence-electron chi connectivity index (χ2n) is 4.48. The summed E-state index contributed by atoms with van der Waals surface area (Å²) in [7, 11) is 0. The first kappa shape index (κ1) is 11.7. The second kappa shape index (κ2) is 3.33. The number of alkyl halides is 3. The smallest absolute Gasteiger partial charge is 0.373 e. The quantitative estimate of drug-likeness (QED) is 0.618. The molecule has 16 heavy (non-hydrogen) atoms. The third-order valence-electron chi connectivity index (χ3n) is 3.23. The van der Waals surface area contributed by atoms with Gasteiger partial charge in [-0.15, -0.1) is 0 Å². The maximum Gasteiger partial charge on any atom is 0.426 e. The lowest BCUT2D eigenvalue weighted by Crippen LogP contribution is -2.56. The van der Waals surface area contributed by atoms with E-state index in [0.717, 1.165) is 4.90 Å². The van der Waals surface area contributed by atoms with Crippen LogP contribution in [0.4, 0.5) is 13.2 Å². The van der Waals surface area contributed by atoms with Gasteiger partial charge in [0.2, 0.25) is 5.60 Å². The van der Waals surface area contributed by atoms with E-state index < -0.39 is 30.1 Å². The zero-order valence-electron chi connectivity index (χ0n) is 8.71. The Balaban J connectivity index is 2.26. The van der Waals surface area contributed by atoms with E-state index in [1.165, 1.54) is 0 Å². The van der Waals surface area contributed by atoms with Crippen molar-refractivity contribution >= 4 is 5.91 Å². The Morgan fingerprint density at radius 2 is 2.19 bits per heavy atom. The minimum Gasteiger partial charge on any atom is -0.373 e. The van der Waals surface area contributed by atoms with Gasteiger partial charge in [-0.2, -0.15) is 13.2 Å². The molecular formula is C9H13F3N2O2. The number of aliphatic hydroxyl groups is 1. The van der Waals surface area contributed by atoms with Crippen LogP contribution in [0.15, 0.2) is 0 Å². The number of amides is 1. The molecule has 0 bridgehead atoms. The summed E-state index contributed by atoms with van der Waals surface area (Å²) >= 11 is 0. The van der Waals surface area contributed by atoms with E-state index >= 15 is 0 Å². The van der Waals surface area contributed by atoms with Crippen molar-refractivity contribution in [1.29, 1.82) is 0 Å². The Kier molecular flexibility index (Phi) is 2.43. The molecule has 2 aliphatic rings. The van der Waals surface area contributed by atoms with Crippen molar-refractivity contribution in [3.63, 3.8) is 0 Å². The summed E-state index contributed by atoms with van der Waals surface area (Å²) in [5.41, 5.74) is -3.19. The van der Waals surface area contributed by atoms with Gasteiger partial charge >= 0.3 is 6.18 Å². The van der Waals surface area contributed by atoms with Crippen LogP contribution in [-0.4, -0.2) is 52.9 Å². The monoisotopic (exact) mass is 238 g/mol. The lowest BCUT2D eigenvalue weighted by atomic mass is 9.99. The van der Waals surface area contributed by atoms with Gasteiger partial charge in [0.05, 0.1) is 0 Å². The van der Waals surface area contributed by atoms with E-state index in [-0.39, 0.29) is 12.6 Å². The highest BCUT2D eigenvalue weighted by atomic mass is 19.4. The molecule has 3 atom stereocenters. The Bertz CT molecular complexity index is 320. The van der Waals surface area contributed by atoms with Crippen LogP contribution in [0.1, 0.15) is 13.3 Å². The lowest BCUT2D eigenvalue weighted by Gasteiger charge is -2.34. The summed E-state index contributed by atoms with van der Waals surface area (Å²) < 4.78 is 37.8. The number of piperazine rings is 1. The third kappa shape index (κ3) is 1.49. The van der Waals surface area contributed by atoms with Crippen LogP contribution in [0.2, 0.25) is 0 Å². The zero-order chi connectivity index (χ0) is 12.1. The largest absolute Gasteiger partial charge is 0.426 e. The number of hydrogen-bond donors (Lipinski definition) is 2. The van der Waals surface area contributed by atoms with Crippen LogP contribution in [0.5, 0.6) is 0 Å². The molecule has 0 spiro atoms. The van der Waals surface area contributed by atoms with Crippen molar-refractivity contribution in [2.75, 3.05) is 13.1 Å². The minimum atomic E-state index is -4.90. The van der Waals surface area contributed by atoms with Gasteiger partial charge in [0.1, 0.15) is 0 Å². The summed E-state index contributed by atoms with van der Waals surface area (Å²) in [5, 5.41) is 12.5. The highest BCUT2D eigenvalue weighted by molar-refractivity contribution is 5.89. The molecule has 2 aliphatic heterocycles. The standard InChI is InChI=1S/C9H13F3N2O2/c1-5-4-14-6(3-13-5)2-8(16,7(14)15)9(10,11)12/h5-6,13,16H,2-4H2,1H3/t5-,6+,8+/m0/s1. The molecule has 2 N–H and O–H groups in total. The normalized spacial score (nSPS) is 40.1. The SMILES string of the molecule is C[C@H]1CN2C(=O)[C@@](O)(C(F)(F)F)C[C@@H]2CN1. The number of halogens is 3. The molecule has 0 saturated carbocycles. The molecule has 2 rings (SSSR count). The van der Waals surface area contributed by atoms with Crippen molar-refractivity contribution < 1.29 is 23.1 Å². The third-order valence-corrected chi connectivity index (χ3v) is 3.23. The molecule has 4 nitrogen and oxygen atoms in total. The molecule has 2 fully saturated rings. The Labute approximate surface area is 90.4 Å². The summed E-state index contributed by atoms with van der Waals surface area (Å²) in [6.07, 6.45) is -5.47. The minimum absolute atomic E-state index is 0.0456. The van der Waals surface area contributed by atoms with Crippen LogP contribution in [0.25, 0.3) is 0 Å². The van der Waals surface area contributed by atoms with E-state index in [2.05, 4.69) is 5.32 Å². The van der Waals surface area contributed by atoms with Gasteiger partial charge in [-0.3, -0.25) is 4.79 Å². The number of hydrogen-bond acceptors (Lipinski definition) is 3. The number of rotatable bonds is 0. The first-order chi connectivity index (χ1) is 7.25. The molecule has 0 radical (unpaired) electrons. The van der Waals surface area contributed by atoms with Crippen molar-refractivity contribution in [3.05, 3.63) is 0 Å². The van der Waals surface area contributed by atoms with E-state index in [1.54, 1.807) is 6.92 Å². The van der Waals surface area contributed by atoms with Crippen LogP contribution in [0, 0.1) is 0 Å². The summed E-state index contributed by atoms with van der Waals surface area (Å²) in [6, 6.07) is -0.605. The van der Waals surface area contributed by atoms with Gasteiger partial charge in [0, 0.05) is 31.6 Å². The molecular weight excluding hydrogens is 225 g/mol. The first-order valence-corrected chi connectivity index (χ1v) is 5.09. The molecule has 1 amide bonds. The molecule has 0 aromatic heterocycles. The Hall–Kier alpha value is -0.820. The number of carbonyl (C=O) groups is 1. The Morgan fingerprint density at radius 1 is 1.56 bits per heavy atom. The second-order valence-corrected chi connectivity index (χ2v) is 4.48. The highest BCUT2D eigenvalue weighted by Gasteiger charge is 2.66. The highest BCUT2D eigenvalue weighted by Crippen LogP contribution is 2.41. The van der Waals surface area contributed by atoms with Gasteiger partial charge in [-0.05, 0) is 6.92 Å². The van der Waals surface area contributed by atoms with E-state index in [1.807, 2.05) is 0 Å². The fourth-order valence-corrected chi connectivity index (χ4v) is 2.29. The van der Waals surface area contributed by atoms with Crippen molar-refractivity contribution in [3.8, 4) is 0 Å². The average Bonchev–Trinajstić information content (AvgIpc) is 2.41. The molecule has 0 aromatic carbocycles.